The molecule has 1 unspecified atom stereocenters. The van der Waals surface area contributed by atoms with Gasteiger partial charge < -0.3 is 43.6 Å². The van der Waals surface area contributed by atoms with Crippen molar-refractivity contribution in [3.05, 3.63) is 112 Å². The molecule has 2 fully saturated rings. The molecule has 1 aromatic heterocycles. The van der Waals surface area contributed by atoms with Crippen molar-refractivity contribution >= 4 is 64.2 Å². The molecule has 9 atom stereocenters. The number of thioether (sulfide) groups is 1. The van der Waals surface area contributed by atoms with Crippen LogP contribution >= 0.6 is 35.3 Å². The van der Waals surface area contributed by atoms with Crippen LogP contribution in [0.2, 0.25) is 0 Å². The number of esters is 4. The first-order valence-corrected chi connectivity index (χ1v) is 22.1. The summed E-state index contributed by atoms with van der Waals surface area (Å²) in [6, 6.07) is 25.7. The van der Waals surface area contributed by atoms with E-state index in [2.05, 4.69) is 27.6 Å². The fraction of sp³-hybridized carbons (Fsp3) is 0.432. The van der Waals surface area contributed by atoms with Gasteiger partial charge in [0.15, 0.2) is 28.9 Å². The Morgan fingerprint density at radius 1 is 0.726 bits per heavy atom. The van der Waals surface area contributed by atoms with Crippen LogP contribution in [0.15, 0.2) is 83.2 Å². The quantitative estimate of drug-likeness (QED) is 0.0575. The van der Waals surface area contributed by atoms with Crippen molar-refractivity contribution in [2.24, 2.45) is 0 Å². The van der Waals surface area contributed by atoms with Gasteiger partial charge in [0, 0.05) is 57.9 Å². The van der Waals surface area contributed by atoms with Gasteiger partial charge in [-0.15, -0.1) is 10.2 Å². The van der Waals surface area contributed by atoms with E-state index in [0.717, 1.165) is 37.2 Å². The molecule has 0 bridgehead atoms. The van der Waals surface area contributed by atoms with E-state index in [1.807, 2.05) is 73.7 Å². The topological polar surface area (TPSA) is 191 Å². The number of ether oxygens (including phenoxy) is 7. The van der Waals surface area contributed by atoms with Gasteiger partial charge in [0.1, 0.15) is 23.8 Å². The molecule has 0 spiro atoms. The Morgan fingerprint density at radius 3 is 1.94 bits per heavy atom. The summed E-state index contributed by atoms with van der Waals surface area (Å²) in [7, 11) is 0. The lowest BCUT2D eigenvalue weighted by atomic mass is 9.84. The second-order valence-corrected chi connectivity index (χ2v) is 17.7. The fourth-order valence-corrected chi connectivity index (χ4v) is 9.52. The maximum absolute atomic E-state index is 12.3. The lowest BCUT2D eigenvalue weighted by Gasteiger charge is -2.44. The Hall–Kier alpha value is -4.82. The van der Waals surface area contributed by atoms with Crippen molar-refractivity contribution in [3.63, 3.8) is 0 Å². The number of benzene rings is 3. The van der Waals surface area contributed by atoms with Crippen molar-refractivity contribution in [2.75, 3.05) is 12.4 Å². The predicted molar refractivity (Wildman–Crippen MR) is 231 cm³/mol. The van der Waals surface area contributed by atoms with Crippen LogP contribution < -0.4 is 5.32 Å². The molecular formula is C44H49N3O12S3. The number of thiocarbonyl (C=S) groups is 1. The maximum atomic E-state index is 12.3. The molecule has 15 nitrogen and oxygen atoms in total. The highest BCUT2D eigenvalue weighted by Crippen LogP contribution is 2.48. The lowest BCUT2D eigenvalue weighted by Crippen LogP contribution is -2.62. The largest absolute Gasteiger partial charge is 0.463 e. The molecule has 62 heavy (non-hydrogen) atoms. The molecule has 0 amide bonds. The molecule has 3 aromatic carbocycles. The zero-order chi connectivity index (χ0) is 44.3. The number of hydrogen-bond donors (Lipinski definition) is 2. The van der Waals surface area contributed by atoms with Crippen LogP contribution in [-0.4, -0.2) is 93.2 Å². The standard InChI is InChI=1S/C44H49N3O12S3/c1-24-46-47-44(62-24)61-23-36-38(31-9-7-6-8-10-31)39(32-15-13-30(21-48)14-16-32)59-43(58-36)33-17-11-29(12-18-33)20-45-37(60)19-34-40(54-26(3)50)42(56-28(5)52)41(55-27(4)51)35(57-34)22-53-25(2)49/h6-18,34-36,38-43,48H,19-23H2,1-5H3,(H,45,60)/t34-,35+,36+,38+,39-,40-,41+,42+,43?/m0/s1. The summed E-state index contributed by atoms with van der Waals surface area (Å²) in [5.41, 5.74) is 4.51. The van der Waals surface area contributed by atoms with Gasteiger partial charge in [0.05, 0.1) is 23.8 Å². The van der Waals surface area contributed by atoms with Crippen molar-refractivity contribution in [3.8, 4) is 0 Å². The number of nitrogens with zero attached hydrogens (tertiary/aromatic N) is 2. The molecule has 2 N–H and O–H groups in total. The van der Waals surface area contributed by atoms with Crippen LogP contribution in [0.1, 0.15) is 85.3 Å². The van der Waals surface area contributed by atoms with Gasteiger partial charge in [0.25, 0.3) is 0 Å². The van der Waals surface area contributed by atoms with Gasteiger partial charge in [-0.25, -0.2) is 0 Å². The third-order valence-electron chi connectivity index (χ3n) is 10.1. The monoisotopic (exact) mass is 907 g/mol. The molecule has 0 radical (unpaired) electrons. The van der Waals surface area contributed by atoms with Crippen molar-refractivity contribution in [1.82, 2.24) is 15.5 Å². The number of carbonyl (C=O) groups excluding carboxylic acids is 4. The van der Waals surface area contributed by atoms with E-state index >= 15 is 0 Å². The summed E-state index contributed by atoms with van der Waals surface area (Å²) in [5.74, 6) is -2.30. The first-order chi connectivity index (χ1) is 29.8. The Morgan fingerprint density at radius 2 is 1.34 bits per heavy atom. The molecule has 3 heterocycles. The average molecular weight is 908 g/mol. The van der Waals surface area contributed by atoms with Crippen LogP contribution in [0.3, 0.4) is 0 Å². The van der Waals surface area contributed by atoms with E-state index < -0.39 is 60.7 Å². The summed E-state index contributed by atoms with van der Waals surface area (Å²) in [4.78, 5) is 48.7. The van der Waals surface area contributed by atoms with E-state index in [1.54, 1.807) is 11.8 Å². The molecule has 0 aliphatic carbocycles. The van der Waals surface area contributed by atoms with Gasteiger partial charge in [0.2, 0.25) is 0 Å². The number of aliphatic hydroxyl groups excluding tert-OH is 1. The second-order valence-electron chi connectivity index (χ2n) is 14.8. The van der Waals surface area contributed by atoms with E-state index in [0.29, 0.717) is 17.3 Å². The molecule has 330 valence electrons. The third kappa shape index (κ3) is 12.6. The number of aliphatic hydroxyl groups is 1. The lowest BCUT2D eigenvalue weighted by molar-refractivity contribution is -0.255. The van der Waals surface area contributed by atoms with E-state index in [9.17, 15) is 24.3 Å². The molecule has 2 aliphatic rings. The maximum Gasteiger partial charge on any atom is 0.303 e. The highest BCUT2D eigenvalue weighted by atomic mass is 32.2. The van der Waals surface area contributed by atoms with Crippen LogP contribution in [0, 0.1) is 6.92 Å². The van der Waals surface area contributed by atoms with Gasteiger partial charge in [-0.05, 0) is 29.2 Å². The SMILES string of the molecule is CC(=O)OC[C@H]1O[C@@H](CC(=S)NCc2ccc(C3O[C@H](CSc4nnc(C)s4)[C@@H](c4ccccc4)[C@H](c4ccc(CO)cc4)O3)cc2)[C@H](OC(C)=O)[C@@H](OC(C)=O)[C@@H]1OC(C)=O. The van der Waals surface area contributed by atoms with Crippen LogP contribution in [0.25, 0.3) is 0 Å². The minimum Gasteiger partial charge on any atom is -0.463 e. The molecule has 4 aromatic rings. The highest BCUT2D eigenvalue weighted by Gasteiger charge is 2.52. The van der Waals surface area contributed by atoms with Gasteiger partial charge in [-0.1, -0.05) is 114 Å². The first kappa shape index (κ1) is 46.7. The van der Waals surface area contributed by atoms with Gasteiger partial charge in [-0.2, -0.15) is 0 Å². The Labute approximate surface area is 373 Å². The Balaban J connectivity index is 1.19. The Kier molecular flexibility index (Phi) is 16.6. The molecule has 18 heteroatoms. The number of carbonyl (C=O) groups is 4. The predicted octanol–water partition coefficient (Wildman–Crippen LogP) is 6.00. The smallest absolute Gasteiger partial charge is 0.303 e. The minimum atomic E-state index is -1.28. The average Bonchev–Trinajstić information content (AvgIpc) is 3.67. The third-order valence-corrected chi connectivity index (χ3v) is 12.4. The van der Waals surface area contributed by atoms with E-state index in [1.165, 1.54) is 39.0 Å². The van der Waals surface area contributed by atoms with Crippen molar-refractivity contribution in [1.29, 1.82) is 0 Å². The number of nitrogens with one attached hydrogen (secondary N) is 1. The molecule has 0 saturated carbocycles. The molecule has 2 saturated heterocycles. The summed E-state index contributed by atoms with van der Waals surface area (Å²) in [6.07, 6.45) is -7.19. The summed E-state index contributed by atoms with van der Waals surface area (Å²) in [6.45, 7) is 6.58. The van der Waals surface area contributed by atoms with E-state index in [4.69, 9.17) is 45.4 Å². The zero-order valence-electron chi connectivity index (χ0n) is 34.8. The molecule has 2 aliphatic heterocycles. The molecular weight excluding hydrogens is 859 g/mol. The zero-order valence-corrected chi connectivity index (χ0v) is 37.2. The fourth-order valence-electron chi connectivity index (χ4n) is 7.37. The van der Waals surface area contributed by atoms with Crippen LogP contribution in [0.4, 0.5) is 0 Å². The summed E-state index contributed by atoms with van der Waals surface area (Å²) in [5, 5.41) is 22.4. The molecule has 6 rings (SSSR count). The van der Waals surface area contributed by atoms with Gasteiger partial charge in [-0.3, -0.25) is 19.2 Å². The van der Waals surface area contributed by atoms with Crippen LogP contribution in [-0.2, 0) is 65.5 Å². The van der Waals surface area contributed by atoms with Crippen LogP contribution in [0.5, 0.6) is 0 Å². The number of rotatable bonds is 16. The number of hydrogen-bond acceptors (Lipinski definition) is 17. The van der Waals surface area contributed by atoms with E-state index in [-0.39, 0.29) is 37.8 Å². The van der Waals surface area contributed by atoms with Gasteiger partial charge >= 0.3 is 23.9 Å². The van der Waals surface area contributed by atoms with Crippen molar-refractivity contribution in [2.45, 2.75) is 113 Å². The summed E-state index contributed by atoms with van der Waals surface area (Å²) < 4.78 is 42.6. The number of aryl methyl sites for hydroxylation is 1. The summed E-state index contributed by atoms with van der Waals surface area (Å²) >= 11 is 8.86. The Bertz CT molecular complexity index is 2160. The number of aromatic nitrogens is 2. The minimum absolute atomic E-state index is 0.00945. The normalized spacial score (nSPS) is 24.6. The van der Waals surface area contributed by atoms with Crippen molar-refractivity contribution < 1.29 is 57.4 Å². The second kappa shape index (κ2) is 22.0. The highest BCUT2D eigenvalue weighted by molar-refractivity contribution is 8.01. The first-order valence-electron chi connectivity index (χ1n) is 19.9.